The van der Waals surface area contributed by atoms with Crippen LogP contribution in [0.15, 0.2) is 30.5 Å². The van der Waals surface area contributed by atoms with Crippen molar-refractivity contribution in [3.05, 3.63) is 47.2 Å². The largest absolute Gasteiger partial charge is 0.348 e. The Morgan fingerprint density at radius 2 is 1.86 bits per heavy atom. The number of aromatic nitrogens is 2. The first-order valence-corrected chi connectivity index (χ1v) is 11.3. The minimum Gasteiger partial charge on any atom is -0.348 e. The third-order valence-corrected chi connectivity index (χ3v) is 5.90. The molecule has 0 spiro atoms. The molecular formula is C23H24N6O6. The summed E-state index contributed by atoms with van der Waals surface area (Å²) in [6.07, 6.45) is 2.65. The normalized spacial score (nSPS) is 17.3. The van der Waals surface area contributed by atoms with E-state index in [9.17, 15) is 28.8 Å². The molecule has 4 rings (SSSR count). The van der Waals surface area contributed by atoms with Gasteiger partial charge in [-0.05, 0) is 43.9 Å². The fourth-order valence-electron chi connectivity index (χ4n) is 4.11. The van der Waals surface area contributed by atoms with Crippen molar-refractivity contribution in [3.63, 3.8) is 0 Å². The van der Waals surface area contributed by atoms with Gasteiger partial charge in [0, 0.05) is 25.6 Å². The summed E-state index contributed by atoms with van der Waals surface area (Å²) < 4.78 is 1.55. The predicted molar refractivity (Wildman–Crippen MR) is 121 cm³/mol. The molecule has 1 fully saturated rings. The molecule has 0 saturated carbocycles. The molecule has 2 aliphatic heterocycles. The Morgan fingerprint density at radius 1 is 1.09 bits per heavy atom. The number of nitrogens with one attached hydrogen (secondary N) is 3. The highest BCUT2D eigenvalue weighted by atomic mass is 16.2. The third-order valence-electron chi connectivity index (χ3n) is 5.90. The number of fused-ring (bicyclic) bond motifs is 1. The van der Waals surface area contributed by atoms with E-state index in [0.29, 0.717) is 25.2 Å². The number of nitrogens with zero attached hydrogens (tertiary/aromatic N) is 3. The van der Waals surface area contributed by atoms with E-state index in [1.54, 1.807) is 28.9 Å². The Hall–Kier alpha value is -4.35. The highest BCUT2D eigenvalue weighted by Crippen LogP contribution is 2.28. The second-order valence-corrected chi connectivity index (χ2v) is 8.17. The average Bonchev–Trinajstić information content (AvgIpc) is 3.38. The summed E-state index contributed by atoms with van der Waals surface area (Å²) in [4.78, 5) is 74.2. The average molecular weight is 480 g/mol. The van der Waals surface area contributed by atoms with Crippen LogP contribution in [-0.2, 0) is 32.1 Å². The Labute approximate surface area is 200 Å². The van der Waals surface area contributed by atoms with E-state index < -0.39 is 41.5 Å². The molecule has 1 aromatic heterocycles. The Morgan fingerprint density at radius 3 is 2.60 bits per heavy atom. The van der Waals surface area contributed by atoms with E-state index in [2.05, 4.69) is 21.0 Å². The quantitative estimate of drug-likeness (QED) is 0.285. The molecule has 35 heavy (non-hydrogen) atoms. The van der Waals surface area contributed by atoms with Crippen molar-refractivity contribution in [2.24, 2.45) is 0 Å². The summed E-state index contributed by atoms with van der Waals surface area (Å²) in [5.74, 6) is -3.36. The minimum atomic E-state index is -1.01. The van der Waals surface area contributed by atoms with Gasteiger partial charge in [-0.1, -0.05) is 6.07 Å². The fourth-order valence-corrected chi connectivity index (χ4v) is 4.11. The second-order valence-electron chi connectivity index (χ2n) is 8.17. The molecule has 1 atom stereocenters. The maximum absolute atomic E-state index is 12.9. The number of carbonyl (C=O) groups is 6. The summed E-state index contributed by atoms with van der Waals surface area (Å²) >= 11 is 0. The van der Waals surface area contributed by atoms with Gasteiger partial charge in [0.15, 0.2) is 0 Å². The lowest BCUT2D eigenvalue weighted by Gasteiger charge is -2.27. The van der Waals surface area contributed by atoms with Crippen LogP contribution in [0.5, 0.6) is 0 Å². The van der Waals surface area contributed by atoms with Crippen molar-refractivity contribution in [2.75, 3.05) is 11.9 Å². The monoisotopic (exact) mass is 480 g/mol. The lowest BCUT2D eigenvalue weighted by Crippen LogP contribution is -2.54. The molecule has 12 heteroatoms. The molecule has 3 N–H and O–H groups in total. The molecular weight excluding hydrogens is 456 g/mol. The van der Waals surface area contributed by atoms with E-state index in [0.717, 1.165) is 10.5 Å². The number of amides is 6. The first-order valence-electron chi connectivity index (χ1n) is 11.3. The number of carbonyl (C=O) groups excluding carboxylic acids is 6. The van der Waals surface area contributed by atoms with Gasteiger partial charge in [-0.2, -0.15) is 5.10 Å². The van der Waals surface area contributed by atoms with E-state index >= 15 is 0 Å². The summed E-state index contributed by atoms with van der Waals surface area (Å²) in [5, 5.41) is 11.2. The second kappa shape index (κ2) is 9.87. The summed E-state index contributed by atoms with van der Waals surface area (Å²) in [6, 6.07) is 5.43. The van der Waals surface area contributed by atoms with Gasteiger partial charge in [0.05, 0.1) is 17.3 Å². The number of hydrogen-bond donors (Lipinski definition) is 3. The molecule has 12 nitrogen and oxygen atoms in total. The number of benzene rings is 1. The van der Waals surface area contributed by atoms with Gasteiger partial charge in [0.2, 0.25) is 11.8 Å². The molecule has 2 aliphatic rings. The zero-order valence-electron chi connectivity index (χ0n) is 19.0. The van der Waals surface area contributed by atoms with Crippen molar-refractivity contribution < 1.29 is 28.8 Å². The molecule has 2 aromatic rings. The van der Waals surface area contributed by atoms with Crippen molar-refractivity contribution in [2.45, 2.75) is 45.2 Å². The maximum atomic E-state index is 12.9. The number of aryl methyl sites for hydroxylation is 2. The maximum Gasteiger partial charge on any atom is 0.314 e. The van der Waals surface area contributed by atoms with Crippen LogP contribution in [0.3, 0.4) is 0 Å². The van der Waals surface area contributed by atoms with Crippen molar-refractivity contribution in [1.29, 1.82) is 0 Å². The number of piperidine rings is 1. The fraction of sp³-hybridized carbons (Fsp3) is 0.348. The summed E-state index contributed by atoms with van der Waals surface area (Å²) in [5.41, 5.74) is 1.17. The molecule has 1 saturated heterocycles. The molecule has 1 aromatic carbocycles. The molecule has 0 radical (unpaired) electrons. The van der Waals surface area contributed by atoms with Crippen LogP contribution in [0.1, 0.15) is 52.5 Å². The van der Waals surface area contributed by atoms with E-state index in [4.69, 9.17) is 0 Å². The highest BCUT2D eigenvalue weighted by molar-refractivity contribution is 6.39. The van der Waals surface area contributed by atoms with Crippen molar-refractivity contribution >= 4 is 41.3 Å². The zero-order valence-corrected chi connectivity index (χ0v) is 19.0. The lowest BCUT2D eigenvalue weighted by molar-refractivity contribution is -0.136. The van der Waals surface area contributed by atoms with Gasteiger partial charge in [0.25, 0.3) is 11.8 Å². The summed E-state index contributed by atoms with van der Waals surface area (Å²) in [6.45, 7) is 2.63. The first kappa shape index (κ1) is 23.8. The Bertz CT molecular complexity index is 1230. The van der Waals surface area contributed by atoms with Crippen LogP contribution >= 0.6 is 0 Å². The Balaban J connectivity index is 1.30. The van der Waals surface area contributed by atoms with Gasteiger partial charge in [0.1, 0.15) is 11.9 Å². The van der Waals surface area contributed by atoms with E-state index in [1.165, 1.54) is 6.20 Å². The van der Waals surface area contributed by atoms with Gasteiger partial charge >= 0.3 is 11.8 Å². The van der Waals surface area contributed by atoms with E-state index in [-0.39, 0.29) is 30.5 Å². The van der Waals surface area contributed by atoms with Crippen LogP contribution in [0, 0.1) is 0 Å². The number of anilines is 1. The highest BCUT2D eigenvalue weighted by Gasteiger charge is 2.44. The lowest BCUT2D eigenvalue weighted by atomic mass is 10.0. The summed E-state index contributed by atoms with van der Waals surface area (Å²) in [7, 11) is 0. The van der Waals surface area contributed by atoms with Crippen molar-refractivity contribution in [3.8, 4) is 0 Å². The van der Waals surface area contributed by atoms with Crippen molar-refractivity contribution in [1.82, 2.24) is 25.3 Å². The van der Waals surface area contributed by atoms with Gasteiger partial charge in [-0.3, -0.25) is 39.0 Å². The smallest absolute Gasteiger partial charge is 0.314 e. The molecule has 6 amide bonds. The van der Waals surface area contributed by atoms with Crippen LogP contribution in [-0.4, -0.2) is 62.7 Å². The number of hydrogen-bond acceptors (Lipinski definition) is 7. The molecule has 0 aliphatic carbocycles. The Kier molecular flexibility index (Phi) is 6.71. The predicted octanol–water partition coefficient (Wildman–Crippen LogP) is -0.00830. The van der Waals surface area contributed by atoms with Gasteiger partial charge in [-0.15, -0.1) is 0 Å². The van der Waals surface area contributed by atoms with Crippen LogP contribution in [0.2, 0.25) is 0 Å². The SMILES string of the molecule is CCn1nccc1NC(=O)C(=O)NCCCc1ccc2c(c1)C(=O)N(C1CCC(=O)NC1=O)C2=O. The number of imide groups is 2. The third kappa shape index (κ3) is 4.81. The van der Waals surface area contributed by atoms with Crippen LogP contribution < -0.4 is 16.0 Å². The van der Waals surface area contributed by atoms with E-state index in [1.807, 2.05) is 6.92 Å². The molecule has 0 bridgehead atoms. The minimum absolute atomic E-state index is 0.0566. The zero-order chi connectivity index (χ0) is 25.1. The van der Waals surface area contributed by atoms with Gasteiger partial charge in [-0.25, -0.2) is 4.68 Å². The topological polar surface area (TPSA) is 160 Å². The standard InChI is InChI=1S/C23H24N6O6/c1-2-28-17(9-11-25-28)26-21(33)20(32)24-10-3-4-13-5-6-14-15(12-13)23(35)29(22(14)34)16-7-8-18(30)27-19(16)31/h5-6,9,11-12,16H,2-4,7-8,10H2,1H3,(H,24,32)(H,26,33)(H,27,30,31). The molecule has 1 unspecified atom stereocenters. The molecule has 182 valence electrons. The first-order chi connectivity index (χ1) is 16.8. The molecule has 3 heterocycles. The van der Waals surface area contributed by atoms with Crippen LogP contribution in [0.25, 0.3) is 0 Å². The van der Waals surface area contributed by atoms with Gasteiger partial charge < -0.3 is 10.6 Å². The number of rotatable bonds is 7. The van der Waals surface area contributed by atoms with Crippen LogP contribution in [0.4, 0.5) is 5.82 Å².